The van der Waals surface area contributed by atoms with Gasteiger partial charge in [-0.05, 0) is 36.6 Å². The standard InChI is InChI=1S/C23H20NO.C19H26GeN.Ir/c1-2-7-16(8-3-1)17-13-14-24-21(15-17)20-11-6-10-19-18-9-4-5-12-22(18)25-23(19)20;1-19(2,3)13-16-12-18(15-10-8-7-9-11-15)21-14-17(16)20(4,5)6;/h4-6,9-10,12-16H,1-3,7-8H2;7-10,12,14H,13H2,1-6H3;/q2*-1;. The topological polar surface area (TPSA) is 38.9 Å². The molecule has 245 valence electrons. The Hall–Kier alpha value is -3.05. The van der Waals surface area contributed by atoms with Gasteiger partial charge in [0.2, 0.25) is 0 Å². The van der Waals surface area contributed by atoms with E-state index in [1.54, 1.807) is 0 Å². The van der Waals surface area contributed by atoms with E-state index in [9.17, 15) is 0 Å². The molecule has 3 aromatic heterocycles. The van der Waals surface area contributed by atoms with E-state index in [0.717, 1.165) is 50.9 Å². The summed E-state index contributed by atoms with van der Waals surface area (Å²) >= 11 is -1.90. The first-order valence-corrected chi connectivity index (χ1v) is 24.2. The Bertz CT molecular complexity index is 1930. The van der Waals surface area contributed by atoms with Crippen molar-refractivity contribution in [1.82, 2.24) is 9.97 Å². The van der Waals surface area contributed by atoms with E-state index in [1.165, 1.54) is 47.6 Å². The largest absolute Gasteiger partial charge is 0.501 e. The van der Waals surface area contributed by atoms with Crippen LogP contribution in [0.2, 0.25) is 17.3 Å². The second kappa shape index (κ2) is 15.0. The van der Waals surface area contributed by atoms with Crippen molar-refractivity contribution in [3.63, 3.8) is 0 Å². The number of nitrogens with zero attached hydrogens (tertiary/aromatic N) is 2. The minimum Gasteiger partial charge on any atom is -0.501 e. The van der Waals surface area contributed by atoms with Gasteiger partial charge >= 0.3 is 132 Å². The zero-order valence-corrected chi connectivity index (χ0v) is 33.1. The SMILES string of the molecule is CC(C)(C)Cc1cc(-c2[c-]cccc2)nc[c]1[Ge]([CH3])([CH3])[CH3].[Ir].[c-]1ccc2c(oc3ccccc32)c1-c1cc(C2CCCCC2)ccn1. The Labute approximate surface area is 297 Å². The van der Waals surface area contributed by atoms with E-state index in [1.807, 2.05) is 42.6 Å². The first kappa shape index (κ1) is 35.3. The van der Waals surface area contributed by atoms with Crippen LogP contribution < -0.4 is 4.40 Å². The number of pyridine rings is 2. The zero-order chi connectivity index (χ0) is 32.3. The molecule has 3 aromatic carbocycles. The average molecular weight is 860 g/mol. The Morgan fingerprint density at radius 3 is 2.30 bits per heavy atom. The molecular formula is C42H46GeIrN2O-2. The first-order valence-electron chi connectivity index (χ1n) is 16.8. The summed E-state index contributed by atoms with van der Waals surface area (Å²) in [5.74, 6) is 8.00. The van der Waals surface area contributed by atoms with Crippen molar-refractivity contribution in [3.8, 4) is 22.5 Å². The van der Waals surface area contributed by atoms with Crippen LogP contribution in [0, 0.1) is 17.5 Å². The second-order valence-corrected chi connectivity index (χ2v) is 25.6. The zero-order valence-electron chi connectivity index (χ0n) is 28.6. The molecule has 0 saturated heterocycles. The van der Waals surface area contributed by atoms with E-state index < -0.39 is 13.3 Å². The third kappa shape index (κ3) is 8.52. The van der Waals surface area contributed by atoms with Crippen LogP contribution in [0.3, 0.4) is 0 Å². The van der Waals surface area contributed by atoms with Gasteiger partial charge in [-0.15, -0.1) is 18.2 Å². The third-order valence-corrected chi connectivity index (χ3v) is 13.3. The van der Waals surface area contributed by atoms with Crippen molar-refractivity contribution >= 4 is 39.6 Å². The Morgan fingerprint density at radius 1 is 0.809 bits per heavy atom. The molecule has 1 fully saturated rings. The fourth-order valence-corrected chi connectivity index (χ4v) is 10.1. The van der Waals surface area contributed by atoms with Gasteiger partial charge < -0.3 is 9.40 Å². The van der Waals surface area contributed by atoms with E-state index in [0.29, 0.717) is 11.3 Å². The average Bonchev–Trinajstić information content (AvgIpc) is 3.44. The molecule has 1 aliphatic carbocycles. The monoisotopic (exact) mass is 861 g/mol. The molecule has 5 heteroatoms. The molecule has 0 aliphatic heterocycles. The third-order valence-electron chi connectivity index (χ3n) is 8.96. The second-order valence-electron chi connectivity index (χ2n) is 15.0. The molecule has 1 radical (unpaired) electrons. The van der Waals surface area contributed by atoms with Crippen LogP contribution in [0.15, 0.2) is 95.7 Å². The molecule has 47 heavy (non-hydrogen) atoms. The predicted octanol–water partition coefficient (Wildman–Crippen LogP) is 11.2. The van der Waals surface area contributed by atoms with Crippen LogP contribution in [0.1, 0.15) is 69.9 Å². The number of furan rings is 1. The van der Waals surface area contributed by atoms with Gasteiger partial charge in [-0.1, -0.05) is 60.0 Å². The van der Waals surface area contributed by atoms with E-state index in [4.69, 9.17) is 9.40 Å². The summed E-state index contributed by atoms with van der Waals surface area (Å²) in [4.78, 5) is 9.36. The van der Waals surface area contributed by atoms with Gasteiger partial charge in [-0.3, -0.25) is 0 Å². The number of hydrogen-bond acceptors (Lipinski definition) is 3. The van der Waals surface area contributed by atoms with Crippen molar-refractivity contribution in [2.24, 2.45) is 5.41 Å². The van der Waals surface area contributed by atoms with Crippen LogP contribution in [-0.4, -0.2) is 23.2 Å². The summed E-state index contributed by atoms with van der Waals surface area (Å²) in [5.41, 5.74) is 9.05. The minimum atomic E-state index is -1.90. The number of hydrogen-bond donors (Lipinski definition) is 0. The van der Waals surface area contributed by atoms with Gasteiger partial charge in [0, 0.05) is 31.7 Å². The molecule has 0 N–H and O–H groups in total. The van der Waals surface area contributed by atoms with E-state index in [-0.39, 0.29) is 20.1 Å². The first-order chi connectivity index (χ1) is 22.1. The van der Waals surface area contributed by atoms with Crippen molar-refractivity contribution < 1.29 is 24.5 Å². The molecule has 0 atom stereocenters. The molecule has 0 unspecified atom stereocenters. The van der Waals surface area contributed by atoms with Crippen LogP contribution in [0.25, 0.3) is 44.5 Å². The molecule has 6 aromatic rings. The van der Waals surface area contributed by atoms with Gasteiger partial charge in [-0.2, -0.15) is 0 Å². The molecule has 0 bridgehead atoms. The van der Waals surface area contributed by atoms with Gasteiger partial charge in [0.15, 0.2) is 0 Å². The molecule has 3 heterocycles. The Kier molecular flexibility index (Phi) is 11.3. The van der Waals surface area contributed by atoms with Crippen molar-refractivity contribution in [3.05, 3.63) is 115 Å². The molecule has 1 aliphatic rings. The maximum Gasteiger partial charge on any atom is 0.120 e. The number of fused-ring (bicyclic) bond motifs is 3. The molecule has 1 saturated carbocycles. The van der Waals surface area contributed by atoms with Crippen molar-refractivity contribution in [2.45, 2.75) is 82.5 Å². The molecule has 3 nitrogen and oxygen atoms in total. The van der Waals surface area contributed by atoms with E-state index in [2.05, 4.69) is 104 Å². The summed E-state index contributed by atoms with van der Waals surface area (Å²) in [6.45, 7) is 6.92. The van der Waals surface area contributed by atoms with Gasteiger partial charge in [0.25, 0.3) is 0 Å². The van der Waals surface area contributed by atoms with Crippen LogP contribution in [0.4, 0.5) is 0 Å². The van der Waals surface area contributed by atoms with Crippen LogP contribution >= 0.6 is 0 Å². The smallest absolute Gasteiger partial charge is 0.120 e. The summed E-state index contributed by atoms with van der Waals surface area (Å²) in [6, 6.07) is 33.7. The quantitative estimate of drug-likeness (QED) is 0.128. The van der Waals surface area contributed by atoms with Crippen molar-refractivity contribution in [2.75, 3.05) is 0 Å². The Balaban J connectivity index is 0.000000184. The number of benzene rings is 3. The summed E-state index contributed by atoms with van der Waals surface area (Å²) in [6.07, 6.45) is 11.8. The normalized spacial score (nSPS) is 14.0. The van der Waals surface area contributed by atoms with Crippen molar-refractivity contribution in [1.29, 1.82) is 0 Å². The minimum absolute atomic E-state index is 0. The van der Waals surface area contributed by atoms with Crippen LogP contribution in [-0.2, 0) is 26.5 Å². The number of para-hydroxylation sites is 1. The summed E-state index contributed by atoms with van der Waals surface area (Å²) in [7, 11) is 0. The summed E-state index contributed by atoms with van der Waals surface area (Å²) < 4.78 is 7.68. The van der Waals surface area contributed by atoms with Crippen LogP contribution in [0.5, 0.6) is 0 Å². The Morgan fingerprint density at radius 2 is 1.57 bits per heavy atom. The van der Waals surface area contributed by atoms with E-state index >= 15 is 0 Å². The van der Waals surface area contributed by atoms with Gasteiger partial charge in [-0.25, -0.2) is 0 Å². The number of rotatable bonds is 5. The number of aromatic nitrogens is 2. The summed E-state index contributed by atoms with van der Waals surface area (Å²) in [5, 5.41) is 2.28. The fraction of sp³-hybridized carbons (Fsp3) is 0.333. The maximum absolute atomic E-state index is 6.15. The fourth-order valence-electron chi connectivity index (χ4n) is 6.74. The molecule has 0 spiro atoms. The van der Waals surface area contributed by atoms with Gasteiger partial charge in [0.1, 0.15) is 5.58 Å². The predicted molar refractivity (Wildman–Crippen MR) is 196 cm³/mol. The van der Waals surface area contributed by atoms with Gasteiger partial charge in [0.05, 0.1) is 5.58 Å². The molecule has 7 rings (SSSR count). The molecular weight excluding hydrogens is 813 g/mol. The molecule has 0 amide bonds. The maximum atomic E-state index is 6.15.